The summed E-state index contributed by atoms with van der Waals surface area (Å²) < 4.78 is 15.8. The number of hydrogen-bond acceptors (Lipinski definition) is 8. The van der Waals surface area contributed by atoms with Gasteiger partial charge in [-0.2, -0.15) is 0 Å². The molecule has 0 spiro atoms. The number of carbonyl (C=O) groups is 2. The lowest BCUT2D eigenvalue weighted by Crippen LogP contribution is -2.13. The Kier molecular flexibility index (Phi) is 24.7. The molecule has 4 N–H and O–H groups in total. The SMILES string of the molecule is C.CC(=O)O.CO.Cc1ccc(C=NC2CCCC2)o1.Cc1ccc(C=O)o1.Cc1ccc(CCC2CCCC2)o1.NC1CCCC1. The highest BCUT2D eigenvalue weighted by Crippen LogP contribution is 2.29. The maximum atomic E-state index is 9.93. The Balaban J connectivity index is 0.000000583. The summed E-state index contributed by atoms with van der Waals surface area (Å²) in [7, 11) is 1.00. The Morgan fingerprint density at radius 1 is 0.787 bits per heavy atom. The minimum atomic E-state index is -0.833. The molecule has 3 aromatic heterocycles. The summed E-state index contributed by atoms with van der Waals surface area (Å²) in [6.45, 7) is 6.85. The molecule has 266 valence electrons. The van der Waals surface area contributed by atoms with Gasteiger partial charge in [0.2, 0.25) is 0 Å². The molecule has 47 heavy (non-hydrogen) atoms. The Morgan fingerprint density at radius 3 is 1.62 bits per heavy atom. The van der Waals surface area contributed by atoms with Crippen LogP contribution in [-0.2, 0) is 11.2 Å². The standard InChI is InChI=1S/C12H18O.C11H15NO.C6H6O2.C5H11N.C2H4O2.CH4O.CH4/c1-10-6-8-12(13-10)9-7-11-4-2-3-5-11;1-9-6-7-11(13-9)8-12-10-4-2-3-5-10;1-5-2-3-6(4-7)8-5;6-5-3-1-2-4-5;1-2(3)4;1-2;/h6,8,11H,2-5,7,9H2,1H3;6-8,10H,2-5H2,1H3;2-4H,1H3;5H,1-4,6H2;1H3,(H,3,4);2H,1H3;1H4. The van der Waals surface area contributed by atoms with Crippen molar-refractivity contribution in [2.45, 2.75) is 137 Å². The van der Waals surface area contributed by atoms with Crippen LogP contribution in [-0.4, -0.2) is 47.9 Å². The van der Waals surface area contributed by atoms with Crippen molar-refractivity contribution in [3.63, 3.8) is 0 Å². The highest BCUT2D eigenvalue weighted by Gasteiger charge is 2.15. The smallest absolute Gasteiger partial charge is 0.300 e. The number of hydrogen-bond donors (Lipinski definition) is 3. The average molecular weight is 659 g/mol. The van der Waals surface area contributed by atoms with E-state index in [1.165, 1.54) is 89.2 Å². The van der Waals surface area contributed by atoms with Crippen LogP contribution in [0.2, 0.25) is 0 Å². The summed E-state index contributed by atoms with van der Waals surface area (Å²) in [6.07, 6.45) is 21.2. The van der Waals surface area contributed by atoms with E-state index in [4.69, 9.17) is 34.0 Å². The van der Waals surface area contributed by atoms with Gasteiger partial charge in [0.05, 0.1) is 12.3 Å². The maximum absolute atomic E-state index is 9.93. The largest absolute Gasteiger partial charge is 0.481 e. The van der Waals surface area contributed by atoms with Gasteiger partial charge in [-0.25, -0.2) is 0 Å². The molecule has 6 rings (SSSR count). The van der Waals surface area contributed by atoms with Crippen molar-refractivity contribution in [2.24, 2.45) is 16.6 Å². The number of aliphatic hydroxyl groups is 1. The second kappa shape index (κ2) is 26.6. The van der Waals surface area contributed by atoms with Gasteiger partial charge in [0.1, 0.15) is 28.8 Å². The van der Waals surface area contributed by atoms with Gasteiger partial charge in [-0.1, -0.05) is 58.8 Å². The quantitative estimate of drug-likeness (QED) is 0.175. The average Bonchev–Trinajstić information content (AvgIpc) is 3.87. The molecule has 3 aliphatic carbocycles. The van der Waals surface area contributed by atoms with Crippen molar-refractivity contribution >= 4 is 18.5 Å². The van der Waals surface area contributed by atoms with Crippen LogP contribution in [0.15, 0.2) is 54.6 Å². The van der Waals surface area contributed by atoms with Gasteiger partial charge >= 0.3 is 0 Å². The summed E-state index contributed by atoms with van der Waals surface area (Å²) >= 11 is 0. The van der Waals surface area contributed by atoms with Crippen LogP contribution < -0.4 is 5.73 Å². The molecule has 0 aromatic carbocycles. The fourth-order valence-electron chi connectivity index (χ4n) is 5.49. The topological polar surface area (TPSA) is 152 Å². The van der Waals surface area contributed by atoms with E-state index in [9.17, 15) is 4.79 Å². The highest BCUT2D eigenvalue weighted by molar-refractivity contribution is 5.76. The molecular formula is C38H62N2O7. The number of nitrogens with two attached hydrogens (primary N) is 1. The first kappa shape index (κ1) is 43.6. The van der Waals surface area contributed by atoms with Crippen LogP contribution in [0.1, 0.15) is 137 Å². The molecule has 0 aliphatic heterocycles. The minimum absolute atomic E-state index is 0. The van der Waals surface area contributed by atoms with Crippen LogP contribution in [0.5, 0.6) is 0 Å². The third-order valence-corrected chi connectivity index (χ3v) is 7.85. The van der Waals surface area contributed by atoms with E-state index in [2.05, 4.69) is 17.1 Å². The lowest BCUT2D eigenvalue weighted by atomic mass is 10.0. The van der Waals surface area contributed by atoms with Crippen LogP contribution in [0.25, 0.3) is 0 Å². The van der Waals surface area contributed by atoms with E-state index in [-0.39, 0.29) is 7.43 Å². The van der Waals surface area contributed by atoms with Crippen molar-refractivity contribution in [1.82, 2.24) is 0 Å². The number of aliphatic hydroxyl groups excluding tert-OH is 1. The zero-order valence-corrected chi connectivity index (χ0v) is 28.7. The van der Waals surface area contributed by atoms with Gasteiger partial charge in [0.15, 0.2) is 12.0 Å². The molecule has 0 radical (unpaired) electrons. The molecule has 3 saturated carbocycles. The molecule has 0 atom stereocenters. The van der Waals surface area contributed by atoms with Crippen LogP contribution in [0.3, 0.4) is 0 Å². The number of rotatable bonds is 6. The molecule has 9 nitrogen and oxygen atoms in total. The highest BCUT2D eigenvalue weighted by atomic mass is 16.4. The minimum Gasteiger partial charge on any atom is -0.481 e. The number of aldehydes is 1. The fourth-order valence-corrected chi connectivity index (χ4v) is 5.49. The number of aryl methyl sites for hydroxylation is 4. The number of carbonyl (C=O) groups excluding carboxylic acids is 1. The second-order valence-corrected chi connectivity index (χ2v) is 12.0. The predicted molar refractivity (Wildman–Crippen MR) is 190 cm³/mol. The van der Waals surface area contributed by atoms with Crippen molar-refractivity contribution in [3.05, 3.63) is 71.0 Å². The molecule has 0 amide bonds. The number of aliphatic imine (C=N–C) groups is 1. The lowest BCUT2D eigenvalue weighted by molar-refractivity contribution is -0.134. The maximum Gasteiger partial charge on any atom is 0.300 e. The van der Waals surface area contributed by atoms with Gasteiger partial charge in [-0.3, -0.25) is 14.6 Å². The molecule has 3 aliphatic rings. The number of nitrogens with zero attached hydrogens (tertiary/aromatic N) is 1. The van der Waals surface area contributed by atoms with Gasteiger partial charge in [-0.15, -0.1) is 0 Å². The summed E-state index contributed by atoms with van der Waals surface area (Å²) in [4.78, 5) is 23.4. The Labute approximate surface area is 283 Å². The van der Waals surface area contributed by atoms with E-state index in [1.807, 2.05) is 32.2 Å². The zero-order valence-electron chi connectivity index (χ0n) is 28.7. The number of carboxylic acid groups (broad SMARTS) is 1. The Hall–Kier alpha value is -3.43. The normalized spacial score (nSPS) is 15.7. The lowest BCUT2D eigenvalue weighted by Gasteiger charge is -2.05. The van der Waals surface area contributed by atoms with Crippen molar-refractivity contribution < 1.29 is 33.1 Å². The molecule has 9 heteroatoms. The van der Waals surface area contributed by atoms with E-state index >= 15 is 0 Å². The zero-order chi connectivity index (χ0) is 34.2. The van der Waals surface area contributed by atoms with Gasteiger partial charge in [0, 0.05) is 26.5 Å². The van der Waals surface area contributed by atoms with Gasteiger partial charge in [-0.05, 0) is 95.2 Å². The molecule has 3 fully saturated rings. The van der Waals surface area contributed by atoms with Crippen molar-refractivity contribution in [1.29, 1.82) is 0 Å². The van der Waals surface area contributed by atoms with E-state index < -0.39 is 5.97 Å². The first-order valence-electron chi connectivity index (χ1n) is 16.7. The Bertz CT molecular complexity index is 1200. The first-order valence-corrected chi connectivity index (χ1v) is 16.7. The molecule has 0 saturated heterocycles. The summed E-state index contributed by atoms with van der Waals surface area (Å²) in [5, 5.41) is 14.4. The fraction of sp³-hybridized carbons (Fsp3) is 0.605. The first-order chi connectivity index (χ1) is 22.1. The third kappa shape index (κ3) is 21.9. The summed E-state index contributed by atoms with van der Waals surface area (Å²) in [5.74, 6) is 5.35. The molecule has 0 unspecified atom stereocenters. The molecule has 3 heterocycles. The summed E-state index contributed by atoms with van der Waals surface area (Å²) in [6, 6.07) is 12.6. The van der Waals surface area contributed by atoms with Crippen LogP contribution in [0, 0.1) is 26.7 Å². The van der Waals surface area contributed by atoms with Gasteiger partial charge < -0.3 is 29.2 Å². The van der Waals surface area contributed by atoms with Crippen molar-refractivity contribution in [2.75, 3.05) is 7.11 Å². The summed E-state index contributed by atoms with van der Waals surface area (Å²) in [5.41, 5.74) is 5.53. The predicted octanol–water partition coefficient (Wildman–Crippen LogP) is 9.28. The number of furan rings is 3. The number of aliphatic carboxylic acids is 1. The molecule has 3 aromatic rings. The van der Waals surface area contributed by atoms with Crippen LogP contribution in [0.4, 0.5) is 0 Å². The van der Waals surface area contributed by atoms with E-state index in [0.29, 0.717) is 24.1 Å². The molecule has 0 bridgehead atoms. The molecular weight excluding hydrogens is 596 g/mol. The third-order valence-electron chi connectivity index (χ3n) is 7.85. The van der Waals surface area contributed by atoms with Gasteiger partial charge in [0.25, 0.3) is 5.97 Å². The van der Waals surface area contributed by atoms with Crippen molar-refractivity contribution in [3.8, 4) is 0 Å². The monoisotopic (exact) mass is 658 g/mol. The van der Waals surface area contributed by atoms with Crippen LogP contribution >= 0.6 is 0 Å². The number of carboxylic acids is 1. The second-order valence-electron chi connectivity index (χ2n) is 12.0. The van der Waals surface area contributed by atoms with E-state index in [0.717, 1.165) is 49.4 Å². The van der Waals surface area contributed by atoms with E-state index in [1.54, 1.807) is 19.1 Å². The Morgan fingerprint density at radius 2 is 1.23 bits per heavy atom.